The van der Waals surface area contributed by atoms with Crippen molar-refractivity contribution < 1.29 is 0 Å². The highest BCUT2D eigenvalue weighted by molar-refractivity contribution is 6.25. The Morgan fingerprint density at radius 1 is 0.462 bits per heavy atom. The van der Waals surface area contributed by atoms with Gasteiger partial charge in [-0.1, -0.05) is 97.1 Å². The zero-order chi connectivity index (χ0) is 34.6. The van der Waals surface area contributed by atoms with Crippen LogP contribution in [0, 0.1) is 11.3 Å². The van der Waals surface area contributed by atoms with Crippen molar-refractivity contribution in [3.63, 3.8) is 0 Å². The van der Waals surface area contributed by atoms with Crippen molar-refractivity contribution >= 4 is 43.7 Å². The summed E-state index contributed by atoms with van der Waals surface area (Å²) in [4.78, 5) is 10.0. The van der Waals surface area contributed by atoms with Gasteiger partial charge in [0.15, 0.2) is 0 Å². The van der Waals surface area contributed by atoms with Crippen LogP contribution in [0.5, 0.6) is 0 Å². The maximum atomic E-state index is 9.37. The Kier molecular flexibility index (Phi) is 6.80. The lowest BCUT2D eigenvalue weighted by atomic mass is 9.99. The van der Waals surface area contributed by atoms with E-state index >= 15 is 0 Å². The van der Waals surface area contributed by atoms with Gasteiger partial charge in [-0.25, -0.2) is 9.97 Å². The van der Waals surface area contributed by atoms with Crippen LogP contribution < -0.4 is 0 Å². The third-order valence-corrected chi connectivity index (χ3v) is 10.0. The Bertz CT molecular complexity index is 2990. The Labute approximate surface area is 299 Å². The summed E-state index contributed by atoms with van der Waals surface area (Å²) in [6.45, 7) is 0. The molecule has 0 fully saturated rings. The minimum atomic E-state index is 0.625. The minimum absolute atomic E-state index is 0.625. The van der Waals surface area contributed by atoms with Crippen LogP contribution in [-0.2, 0) is 0 Å². The van der Waals surface area contributed by atoms with Crippen LogP contribution in [0.4, 0.5) is 0 Å². The zero-order valence-corrected chi connectivity index (χ0v) is 28.0. The topological polar surface area (TPSA) is 59.4 Å². The molecular weight excluding hydrogens is 635 g/mol. The molecule has 0 saturated heterocycles. The molecule has 242 valence electrons. The number of hydrogen-bond acceptors (Lipinski definition) is 3. The average molecular weight is 664 g/mol. The fourth-order valence-corrected chi connectivity index (χ4v) is 7.61. The third-order valence-electron chi connectivity index (χ3n) is 10.0. The lowest BCUT2D eigenvalue weighted by Crippen LogP contribution is -1.97. The third kappa shape index (κ3) is 4.70. The SMILES string of the molecule is N#Cc1ccc(-c2cc(-c3ccc(-n4c5ncccc5c5ccc6c(c7ccccc7n6-c6ccccc6)c54)cc3)cc(-c3ccccc3)n2)cc1. The van der Waals surface area contributed by atoms with Gasteiger partial charge in [-0.2, -0.15) is 5.26 Å². The lowest BCUT2D eigenvalue weighted by Gasteiger charge is -2.12. The van der Waals surface area contributed by atoms with Crippen molar-refractivity contribution in [2.45, 2.75) is 0 Å². The standard InChI is InChI=1S/C47H29N5/c48-30-31-17-19-34(20-18-31)42-29-35(28-41(50-42)33-10-3-1-4-11-33)32-21-23-37(24-22-32)52-46-38(39-15-9-27-49-47(39)52)25-26-44-45(46)40-14-7-8-16-43(40)51(44)36-12-5-2-6-13-36/h1-29H. The molecule has 0 saturated carbocycles. The van der Waals surface area contributed by atoms with E-state index < -0.39 is 0 Å². The van der Waals surface area contributed by atoms with Gasteiger partial charge in [0.2, 0.25) is 0 Å². The first-order valence-corrected chi connectivity index (χ1v) is 17.3. The normalized spacial score (nSPS) is 11.4. The van der Waals surface area contributed by atoms with E-state index in [1.54, 1.807) is 0 Å². The second kappa shape index (κ2) is 11.9. The summed E-state index contributed by atoms with van der Waals surface area (Å²) in [6, 6.07) is 61.1. The Morgan fingerprint density at radius 2 is 1.10 bits per heavy atom. The number of aromatic nitrogens is 4. The Morgan fingerprint density at radius 3 is 1.85 bits per heavy atom. The summed E-state index contributed by atoms with van der Waals surface area (Å²) in [5.74, 6) is 0. The lowest BCUT2D eigenvalue weighted by molar-refractivity contribution is 1.14. The predicted molar refractivity (Wildman–Crippen MR) is 212 cm³/mol. The van der Waals surface area contributed by atoms with E-state index in [1.807, 2.05) is 54.7 Å². The molecule has 4 heterocycles. The number of fused-ring (bicyclic) bond motifs is 7. The summed E-state index contributed by atoms with van der Waals surface area (Å²) >= 11 is 0. The van der Waals surface area contributed by atoms with Crippen molar-refractivity contribution in [3.05, 3.63) is 182 Å². The van der Waals surface area contributed by atoms with Gasteiger partial charge in [-0.05, 0) is 83.9 Å². The Hall–Kier alpha value is -7.29. The molecule has 5 nitrogen and oxygen atoms in total. The van der Waals surface area contributed by atoms with E-state index in [4.69, 9.17) is 9.97 Å². The minimum Gasteiger partial charge on any atom is -0.309 e. The molecule has 0 radical (unpaired) electrons. The van der Waals surface area contributed by atoms with E-state index in [0.29, 0.717) is 5.56 Å². The first-order valence-electron chi connectivity index (χ1n) is 17.3. The number of nitrogens with zero attached hydrogens (tertiary/aromatic N) is 5. The van der Waals surface area contributed by atoms with Crippen LogP contribution >= 0.6 is 0 Å². The average Bonchev–Trinajstić information content (AvgIpc) is 3.74. The van der Waals surface area contributed by atoms with Gasteiger partial charge in [0.1, 0.15) is 5.65 Å². The van der Waals surface area contributed by atoms with Crippen molar-refractivity contribution in [2.24, 2.45) is 0 Å². The van der Waals surface area contributed by atoms with Gasteiger partial charge in [-0.3, -0.25) is 4.57 Å². The molecule has 10 rings (SSSR count). The van der Waals surface area contributed by atoms with E-state index in [0.717, 1.165) is 67.1 Å². The number of nitriles is 1. The highest BCUT2D eigenvalue weighted by Crippen LogP contribution is 2.42. The fourth-order valence-electron chi connectivity index (χ4n) is 7.61. The number of rotatable bonds is 5. The predicted octanol–water partition coefficient (Wildman–Crippen LogP) is 11.5. The molecule has 0 amide bonds. The van der Waals surface area contributed by atoms with Gasteiger partial charge >= 0.3 is 0 Å². The summed E-state index contributed by atoms with van der Waals surface area (Å²) < 4.78 is 4.69. The number of pyridine rings is 2. The molecule has 0 bridgehead atoms. The van der Waals surface area contributed by atoms with E-state index in [2.05, 4.69) is 137 Å². The maximum absolute atomic E-state index is 9.37. The molecule has 0 aliphatic rings. The van der Waals surface area contributed by atoms with E-state index in [1.165, 1.54) is 21.7 Å². The molecule has 10 aromatic rings. The van der Waals surface area contributed by atoms with Crippen LogP contribution in [0.1, 0.15) is 5.56 Å². The molecule has 52 heavy (non-hydrogen) atoms. The van der Waals surface area contributed by atoms with Crippen LogP contribution in [-0.4, -0.2) is 19.1 Å². The number of hydrogen-bond donors (Lipinski definition) is 0. The van der Waals surface area contributed by atoms with Crippen molar-refractivity contribution in [1.29, 1.82) is 5.26 Å². The van der Waals surface area contributed by atoms with E-state index in [9.17, 15) is 5.26 Å². The molecule has 5 heteroatoms. The van der Waals surface area contributed by atoms with Crippen LogP contribution in [0.25, 0.3) is 88.8 Å². The summed E-state index contributed by atoms with van der Waals surface area (Å²) in [5, 5.41) is 14.1. The second-order valence-electron chi connectivity index (χ2n) is 13.0. The zero-order valence-electron chi connectivity index (χ0n) is 28.0. The first-order chi connectivity index (χ1) is 25.7. The molecular formula is C47H29N5. The molecule has 4 aromatic heterocycles. The first kappa shape index (κ1) is 29.6. The number of para-hydroxylation sites is 2. The van der Waals surface area contributed by atoms with Crippen molar-refractivity contribution in [2.75, 3.05) is 0 Å². The van der Waals surface area contributed by atoms with Gasteiger partial charge in [0, 0.05) is 50.2 Å². The van der Waals surface area contributed by atoms with Crippen molar-refractivity contribution in [3.8, 4) is 51.1 Å². The van der Waals surface area contributed by atoms with Gasteiger partial charge < -0.3 is 4.57 Å². The molecule has 0 aliphatic heterocycles. The van der Waals surface area contributed by atoms with Gasteiger partial charge in [-0.15, -0.1) is 0 Å². The Balaban J connectivity index is 1.18. The van der Waals surface area contributed by atoms with Crippen LogP contribution in [0.3, 0.4) is 0 Å². The largest absolute Gasteiger partial charge is 0.309 e. The van der Waals surface area contributed by atoms with Gasteiger partial charge in [0.25, 0.3) is 0 Å². The number of benzene rings is 6. The van der Waals surface area contributed by atoms with Gasteiger partial charge in [0.05, 0.1) is 39.6 Å². The molecule has 0 unspecified atom stereocenters. The molecule has 0 aliphatic carbocycles. The molecule has 6 aromatic carbocycles. The summed E-state index contributed by atoms with van der Waals surface area (Å²) in [6.07, 6.45) is 1.88. The smallest absolute Gasteiger partial charge is 0.145 e. The second-order valence-corrected chi connectivity index (χ2v) is 13.0. The molecule has 0 N–H and O–H groups in total. The fraction of sp³-hybridized carbons (Fsp3) is 0. The van der Waals surface area contributed by atoms with E-state index in [-0.39, 0.29) is 0 Å². The van der Waals surface area contributed by atoms with Crippen molar-refractivity contribution in [1.82, 2.24) is 19.1 Å². The highest BCUT2D eigenvalue weighted by atomic mass is 15.1. The van der Waals surface area contributed by atoms with Crippen LogP contribution in [0.15, 0.2) is 176 Å². The molecule has 0 spiro atoms. The van der Waals surface area contributed by atoms with Crippen LogP contribution in [0.2, 0.25) is 0 Å². The summed E-state index contributed by atoms with van der Waals surface area (Å²) in [7, 11) is 0. The highest BCUT2D eigenvalue weighted by Gasteiger charge is 2.21. The monoisotopic (exact) mass is 663 g/mol. The quantitative estimate of drug-likeness (QED) is 0.184. The summed E-state index contributed by atoms with van der Waals surface area (Å²) in [5.41, 5.74) is 13.1. The maximum Gasteiger partial charge on any atom is 0.145 e. The molecule has 0 atom stereocenters.